The molecule has 128 valence electrons. The third kappa shape index (κ3) is 3.82. The van der Waals surface area contributed by atoms with Gasteiger partial charge < -0.3 is 9.67 Å². The molecular formula is C18H17FN4O2. The minimum atomic E-state index is -0.455. The number of halogens is 1. The van der Waals surface area contributed by atoms with Crippen LogP contribution in [0.3, 0.4) is 0 Å². The lowest BCUT2D eigenvalue weighted by atomic mass is 10.1. The predicted octanol–water partition coefficient (Wildman–Crippen LogP) is 3.14. The lowest BCUT2D eigenvalue weighted by Gasteiger charge is -2.03. The number of benzene rings is 1. The molecule has 0 aliphatic rings. The minimum absolute atomic E-state index is 0.0651. The Balaban J connectivity index is 1.84. The molecule has 2 aromatic heterocycles. The van der Waals surface area contributed by atoms with E-state index in [1.165, 1.54) is 18.5 Å². The van der Waals surface area contributed by atoms with Crippen LogP contribution in [0.4, 0.5) is 4.39 Å². The molecule has 0 bridgehead atoms. The summed E-state index contributed by atoms with van der Waals surface area (Å²) in [7, 11) is 0. The Morgan fingerprint density at radius 1 is 1.32 bits per heavy atom. The van der Waals surface area contributed by atoms with Gasteiger partial charge in [-0.3, -0.25) is 9.89 Å². The van der Waals surface area contributed by atoms with Crippen molar-refractivity contribution in [2.45, 2.75) is 19.9 Å². The number of allylic oxidation sites excluding steroid dienone is 1. The lowest BCUT2D eigenvalue weighted by molar-refractivity contribution is 0.103. The van der Waals surface area contributed by atoms with E-state index in [9.17, 15) is 14.3 Å². The van der Waals surface area contributed by atoms with Crippen LogP contribution < -0.4 is 0 Å². The maximum Gasteiger partial charge on any atom is 0.226 e. The summed E-state index contributed by atoms with van der Waals surface area (Å²) in [6.07, 6.45) is 6.72. The number of aliphatic hydroxyl groups excluding tert-OH is 1. The zero-order valence-corrected chi connectivity index (χ0v) is 13.6. The number of nitrogens with zero attached hydrogens (tertiary/aromatic N) is 3. The van der Waals surface area contributed by atoms with Crippen molar-refractivity contribution in [2.75, 3.05) is 0 Å². The first-order chi connectivity index (χ1) is 12.1. The van der Waals surface area contributed by atoms with E-state index in [0.717, 1.165) is 17.2 Å². The van der Waals surface area contributed by atoms with E-state index < -0.39 is 5.78 Å². The molecule has 0 saturated heterocycles. The van der Waals surface area contributed by atoms with Gasteiger partial charge in [-0.15, -0.1) is 0 Å². The molecular weight excluding hydrogens is 323 g/mol. The summed E-state index contributed by atoms with van der Waals surface area (Å²) in [5, 5.41) is 16.4. The van der Waals surface area contributed by atoms with Crippen LogP contribution in [0.1, 0.15) is 34.2 Å². The van der Waals surface area contributed by atoms with Gasteiger partial charge in [0.2, 0.25) is 5.78 Å². The maximum absolute atomic E-state index is 13.0. The van der Waals surface area contributed by atoms with Crippen molar-refractivity contribution < 1.29 is 14.3 Å². The Labute approximate surface area is 143 Å². The molecule has 2 N–H and O–H groups in total. The van der Waals surface area contributed by atoms with E-state index in [-0.39, 0.29) is 17.4 Å². The molecule has 7 heteroatoms. The van der Waals surface area contributed by atoms with Crippen molar-refractivity contribution in [1.82, 2.24) is 19.7 Å². The SMILES string of the molecule is CCc1cn(Cc2ccc(F)cc2)cc1C(O)=CC(=O)c1ncn[nH]1. The summed E-state index contributed by atoms with van der Waals surface area (Å²) in [4.78, 5) is 15.8. The van der Waals surface area contributed by atoms with Gasteiger partial charge in [-0.2, -0.15) is 5.10 Å². The van der Waals surface area contributed by atoms with E-state index in [0.29, 0.717) is 18.5 Å². The highest BCUT2D eigenvalue weighted by molar-refractivity contribution is 6.05. The van der Waals surface area contributed by atoms with Gasteiger partial charge in [-0.1, -0.05) is 19.1 Å². The second-order valence-corrected chi connectivity index (χ2v) is 5.58. The number of rotatable bonds is 6. The van der Waals surface area contributed by atoms with Crippen molar-refractivity contribution in [3.05, 3.63) is 77.4 Å². The topological polar surface area (TPSA) is 83.8 Å². The Morgan fingerprint density at radius 2 is 2.08 bits per heavy atom. The number of carbonyl (C=O) groups is 1. The van der Waals surface area contributed by atoms with Gasteiger partial charge >= 0.3 is 0 Å². The molecule has 25 heavy (non-hydrogen) atoms. The summed E-state index contributed by atoms with van der Waals surface area (Å²) in [6.45, 7) is 2.50. The monoisotopic (exact) mass is 340 g/mol. The van der Waals surface area contributed by atoms with Gasteiger partial charge in [-0.05, 0) is 29.7 Å². The second-order valence-electron chi connectivity index (χ2n) is 5.58. The van der Waals surface area contributed by atoms with Crippen LogP contribution in [-0.2, 0) is 13.0 Å². The average molecular weight is 340 g/mol. The number of H-pyrrole nitrogens is 1. The fourth-order valence-electron chi connectivity index (χ4n) is 2.55. The Kier molecular flexibility index (Phi) is 4.74. The quantitative estimate of drug-likeness (QED) is 0.410. The summed E-state index contributed by atoms with van der Waals surface area (Å²) in [5.74, 6) is -0.799. The second kappa shape index (κ2) is 7.12. The maximum atomic E-state index is 13.0. The third-order valence-corrected chi connectivity index (χ3v) is 3.81. The molecule has 0 unspecified atom stereocenters. The van der Waals surface area contributed by atoms with Gasteiger partial charge in [0.25, 0.3) is 0 Å². The number of carbonyl (C=O) groups excluding carboxylic acids is 1. The molecule has 0 aliphatic carbocycles. The zero-order valence-electron chi connectivity index (χ0n) is 13.6. The van der Waals surface area contributed by atoms with E-state index in [1.807, 2.05) is 17.7 Å². The molecule has 0 saturated carbocycles. The molecule has 0 atom stereocenters. The Bertz CT molecular complexity index is 896. The molecule has 3 aromatic rings. The van der Waals surface area contributed by atoms with E-state index in [2.05, 4.69) is 15.2 Å². The number of hydrogen-bond acceptors (Lipinski definition) is 4. The normalized spacial score (nSPS) is 11.7. The van der Waals surface area contributed by atoms with Crippen LogP contribution >= 0.6 is 0 Å². The molecule has 1 aromatic carbocycles. The number of aliphatic hydroxyl groups is 1. The summed E-state index contributed by atoms with van der Waals surface area (Å²) in [5.41, 5.74) is 2.42. The van der Waals surface area contributed by atoms with Gasteiger partial charge in [-0.25, -0.2) is 9.37 Å². The Hall–Kier alpha value is -3.22. The molecule has 0 radical (unpaired) electrons. The third-order valence-electron chi connectivity index (χ3n) is 3.81. The van der Waals surface area contributed by atoms with Crippen molar-refractivity contribution in [3.8, 4) is 0 Å². The summed E-state index contributed by atoms with van der Waals surface area (Å²) >= 11 is 0. The van der Waals surface area contributed by atoms with E-state index >= 15 is 0 Å². The Morgan fingerprint density at radius 3 is 2.72 bits per heavy atom. The smallest absolute Gasteiger partial charge is 0.226 e. The predicted molar refractivity (Wildman–Crippen MR) is 90.6 cm³/mol. The highest BCUT2D eigenvalue weighted by atomic mass is 19.1. The first-order valence-electron chi connectivity index (χ1n) is 7.80. The molecule has 6 nitrogen and oxygen atoms in total. The largest absolute Gasteiger partial charge is 0.507 e. The number of aryl methyl sites for hydroxylation is 1. The van der Waals surface area contributed by atoms with Crippen molar-refractivity contribution in [1.29, 1.82) is 0 Å². The number of ketones is 1. The van der Waals surface area contributed by atoms with Crippen molar-refractivity contribution in [2.24, 2.45) is 0 Å². The fourth-order valence-corrected chi connectivity index (χ4v) is 2.55. The highest BCUT2D eigenvalue weighted by Gasteiger charge is 2.13. The first-order valence-corrected chi connectivity index (χ1v) is 7.80. The first kappa shape index (κ1) is 16.6. The summed E-state index contributed by atoms with van der Waals surface area (Å²) < 4.78 is 14.9. The number of aromatic amines is 1. The van der Waals surface area contributed by atoms with E-state index in [4.69, 9.17) is 0 Å². The molecule has 2 heterocycles. The average Bonchev–Trinajstić information content (AvgIpc) is 3.26. The summed E-state index contributed by atoms with van der Waals surface area (Å²) in [6, 6.07) is 6.25. The molecule has 0 spiro atoms. The zero-order chi connectivity index (χ0) is 17.8. The number of nitrogens with one attached hydrogen (secondary N) is 1. The molecule has 3 rings (SSSR count). The minimum Gasteiger partial charge on any atom is -0.507 e. The van der Waals surface area contributed by atoms with Crippen LogP contribution in [-0.4, -0.2) is 30.6 Å². The van der Waals surface area contributed by atoms with Gasteiger partial charge in [0.05, 0.1) is 0 Å². The van der Waals surface area contributed by atoms with Crippen molar-refractivity contribution in [3.63, 3.8) is 0 Å². The van der Waals surface area contributed by atoms with Crippen LogP contribution in [0.2, 0.25) is 0 Å². The molecule has 0 fully saturated rings. The van der Waals surface area contributed by atoms with Crippen LogP contribution in [0.5, 0.6) is 0 Å². The van der Waals surface area contributed by atoms with Gasteiger partial charge in [0, 0.05) is 30.6 Å². The lowest BCUT2D eigenvalue weighted by Crippen LogP contribution is -2.00. The van der Waals surface area contributed by atoms with Gasteiger partial charge in [0.15, 0.2) is 5.82 Å². The van der Waals surface area contributed by atoms with Gasteiger partial charge in [0.1, 0.15) is 17.9 Å². The standard InChI is InChI=1S/C18H17FN4O2/c1-2-13-9-23(8-12-3-5-14(19)6-4-12)10-15(13)16(24)7-17(25)18-20-11-21-22-18/h3-7,9-11,24H,2,8H2,1H3,(H,20,21,22). The van der Waals surface area contributed by atoms with Crippen LogP contribution in [0.25, 0.3) is 5.76 Å². The highest BCUT2D eigenvalue weighted by Crippen LogP contribution is 2.21. The van der Waals surface area contributed by atoms with Crippen molar-refractivity contribution >= 4 is 11.5 Å². The van der Waals surface area contributed by atoms with Crippen LogP contribution in [0.15, 0.2) is 49.1 Å². The number of aromatic nitrogens is 4. The van der Waals surface area contributed by atoms with Crippen LogP contribution in [0, 0.1) is 5.82 Å². The molecule has 0 aliphatic heterocycles. The van der Waals surface area contributed by atoms with E-state index in [1.54, 1.807) is 18.3 Å². The number of hydrogen-bond donors (Lipinski definition) is 2. The molecule has 0 amide bonds. The fraction of sp³-hybridized carbons (Fsp3) is 0.167.